The number of nitrogens with two attached hydrogens (primary N) is 2. The Hall–Kier alpha value is -1.93. The second kappa shape index (κ2) is 4.35. The highest BCUT2D eigenvalue weighted by atomic mass is 16.1. The van der Waals surface area contributed by atoms with Crippen molar-refractivity contribution in [3.8, 4) is 6.07 Å². The van der Waals surface area contributed by atoms with Gasteiger partial charge in [-0.15, -0.1) is 0 Å². The molecule has 0 amide bonds. The summed E-state index contributed by atoms with van der Waals surface area (Å²) in [6, 6.07) is 3.07. The van der Waals surface area contributed by atoms with Crippen molar-refractivity contribution in [2.75, 3.05) is 5.73 Å². The van der Waals surface area contributed by atoms with Gasteiger partial charge in [-0.25, -0.2) is 4.98 Å². The Bertz CT molecular complexity index is 383. The quantitative estimate of drug-likeness (QED) is 0.670. The van der Waals surface area contributed by atoms with E-state index in [0.717, 1.165) is 0 Å². The highest BCUT2D eigenvalue weighted by Gasteiger charge is 2.08. The number of nitriles is 1. The number of rotatable bonds is 3. The minimum absolute atomic E-state index is 0.174. The van der Waals surface area contributed by atoms with Gasteiger partial charge in [0, 0.05) is 12.2 Å². The Morgan fingerprint density at radius 1 is 1.71 bits per heavy atom. The van der Waals surface area contributed by atoms with Gasteiger partial charge in [0.25, 0.3) is 0 Å². The Morgan fingerprint density at radius 3 is 3.00 bits per heavy atom. The molecule has 1 rings (SSSR count). The highest BCUT2D eigenvalue weighted by molar-refractivity contribution is 5.81. The Labute approximate surface area is 81.3 Å². The summed E-state index contributed by atoms with van der Waals surface area (Å²) in [5.41, 5.74) is 12.0. The number of pyridine rings is 1. The van der Waals surface area contributed by atoms with E-state index in [4.69, 9.17) is 16.7 Å². The molecule has 0 fully saturated rings. The smallest absolute Gasteiger partial charge is 0.153 e. The summed E-state index contributed by atoms with van der Waals surface area (Å²) in [4.78, 5) is 14.3. The standard InChI is InChI=1S/C9H10N4O/c10-2-1-8(11)6-3-7(5-14)9(12)13-4-6/h3-5,8H,1,11H2,(H2,12,13)/t8-/m1/s1. The van der Waals surface area contributed by atoms with Crippen molar-refractivity contribution < 1.29 is 4.79 Å². The molecule has 5 heteroatoms. The first-order valence-corrected chi connectivity index (χ1v) is 4.02. The molecule has 5 nitrogen and oxygen atoms in total. The summed E-state index contributed by atoms with van der Waals surface area (Å²) < 4.78 is 0. The molecular weight excluding hydrogens is 180 g/mol. The number of nitrogens with zero attached hydrogens (tertiary/aromatic N) is 2. The minimum Gasteiger partial charge on any atom is -0.383 e. The Balaban J connectivity index is 3.01. The van der Waals surface area contributed by atoms with E-state index in [1.807, 2.05) is 6.07 Å². The monoisotopic (exact) mass is 190 g/mol. The molecule has 0 radical (unpaired) electrons. The summed E-state index contributed by atoms with van der Waals surface area (Å²) in [6.07, 6.45) is 2.28. The number of hydrogen-bond acceptors (Lipinski definition) is 5. The zero-order chi connectivity index (χ0) is 10.6. The van der Waals surface area contributed by atoms with Crippen molar-refractivity contribution in [3.63, 3.8) is 0 Å². The largest absolute Gasteiger partial charge is 0.383 e. The van der Waals surface area contributed by atoms with Crippen LogP contribution in [0.5, 0.6) is 0 Å². The van der Waals surface area contributed by atoms with Gasteiger partial charge in [-0.2, -0.15) is 5.26 Å². The average Bonchev–Trinajstić information content (AvgIpc) is 2.19. The summed E-state index contributed by atoms with van der Waals surface area (Å²) >= 11 is 0. The van der Waals surface area contributed by atoms with Crippen LogP contribution in [0.4, 0.5) is 5.82 Å². The van der Waals surface area contributed by atoms with Gasteiger partial charge in [-0.3, -0.25) is 4.79 Å². The van der Waals surface area contributed by atoms with Crippen LogP contribution in [0.15, 0.2) is 12.3 Å². The highest BCUT2D eigenvalue weighted by Crippen LogP contribution is 2.16. The molecule has 0 saturated heterocycles. The lowest BCUT2D eigenvalue weighted by atomic mass is 10.1. The van der Waals surface area contributed by atoms with Crippen LogP contribution < -0.4 is 11.5 Å². The molecule has 14 heavy (non-hydrogen) atoms. The first-order chi connectivity index (χ1) is 6.69. The molecule has 4 N–H and O–H groups in total. The first kappa shape index (κ1) is 10.2. The van der Waals surface area contributed by atoms with Gasteiger partial charge in [-0.05, 0) is 11.6 Å². The Kier molecular flexibility index (Phi) is 3.15. The van der Waals surface area contributed by atoms with Crippen molar-refractivity contribution in [3.05, 3.63) is 23.4 Å². The number of carbonyl (C=O) groups excluding carboxylic acids is 1. The van der Waals surface area contributed by atoms with E-state index in [2.05, 4.69) is 4.98 Å². The molecular formula is C9H10N4O. The average molecular weight is 190 g/mol. The van der Waals surface area contributed by atoms with Crippen LogP contribution in [-0.4, -0.2) is 11.3 Å². The third-order valence-electron chi connectivity index (χ3n) is 1.84. The van der Waals surface area contributed by atoms with E-state index < -0.39 is 6.04 Å². The number of aldehydes is 1. The fourth-order valence-electron chi connectivity index (χ4n) is 1.02. The molecule has 0 spiro atoms. The van der Waals surface area contributed by atoms with Crippen LogP contribution in [0.25, 0.3) is 0 Å². The van der Waals surface area contributed by atoms with Crippen LogP contribution in [0, 0.1) is 11.3 Å². The Morgan fingerprint density at radius 2 is 2.43 bits per heavy atom. The molecule has 0 unspecified atom stereocenters. The third kappa shape index (κ3) is 2.06. The number of hydrogen-bond donors (Lipinski definition) is 2. The van der Waals surface area contributed by atoms with E-state index in [0.29, 0.717) is 17.4 Å². The van der Waals surface area contributed by atoms with E-state index in [1.54, 1.807) is 6.07 Å². The van der Waals surface area contributed by atoms with Gasteiger partial charge >= 0.3 is 0 Å². The van der Waals surface area contributed by atoms with Gasteiger partial charge in [0.15, 0.2) is 6.29 Å². The van der Waals surface area contributed by atoms with Gasteiger partial charge in [0.1, 0.15) is 5.82 Å². The van der Waals surface area contributed by atoms with Crippen molar-refractivity contribution in [2.24, 2.45) is 5.73 Å². The summed E-state index contributed by atoms with van der Waals surface area (Å²) in [5, 5.41) is 8.43. The lowest BCUT2D eigenvalue weighted by molar-refractivity contribution is 0.112. The van der Waals surface area contributed by atoms with Crippen LogP contribution in [0.1, 0.15) is 28.4 Å². The van der Waals surface area contributed by atoms with Crippen LogP contribution in [0.2, 0.25) is 0 Å². The molecule has 0 aromatic carbocycles. The van der Waals surface area contributed by atoms with Gasteiger partial charge < -0.3 is 11.5 Å². The SMILES string of the molecule is N#CC[C@@H](N)c1cnc(N)c(C=O)c1. The lowest BCUT2D eigenvalue weighted by Crippen LogP contribution is -2.11. The molecule has 0 aliphatic rings. The predicted molar refractivity (Wildman–Crippen MR) is 51.2 cm³/mol. The van der Waals surface area contributed by atoms with Crippen LogP contribution >= 0.6 is 0 Å². The van der Waals surface area contributed by atoms with Crippen molar-refractivity contribution in [1.82, 2.24) is 4.98 Å². The van der Waals surface area contributed by atoms with E-state index in [-0.39, 0.29) is 12.2 Å². The number of nitrogen functional groups attached to an aromatic ring is 1. The summed E-state index contributed by atoms with van der Waals surface area (Å²) in [7, 11) is 0. The number of aromatic nitrogens is 1. The van der Waals surface area contributed by atoms with Gasteiger partial charge in [0.05, 0.1) is 18.1 Å². The maximum absolute atomic E-state index is 10.5. The van der Waals surface area contributed by atoms with E-state index in [1.165, 1.54) is 6.20 Å². The zero-order valence-corrected chi connectivity index (χ0v) is 7.47. The predicted octanol–water partition coefficient (Wildman–Crippen LogP) is 0.390. The van der Waals surface area contributed by atoms with Crippen molar-refractivity contribution in [2.45, 2.75) is 12.5 Å². The molecule has 1 heterocycles. The topological polar surface area (TPSA) is 106 Å². The molecule has 0 saturated carbocycles. The van der Waals surface area contributed by atoms with Gasteiger partial charge in [-0.1, -0.05) is 0 Å². The normalized spacial score (nSPS) is 11.7. The third-order valence-corrected chi connectivity index (χ3v) is 1.84. The molecule has 0 aliphatic carbocycles. The van der Waals surface area contributed by atoms with Gasteiger partial charge in [0.2, 0.25) is 0 Å². The molecule has 1 atom stereocenters. The first-order valence-electron chi connectivity index (χ1n) is 4.02. The van der Waals surface area contributed by atoms with Crippen LogP contribution in [-0.2, 0) is 0 Å². The van der Waals surface area contributed by atoms with Crippen molar-refractivity contribution in [1.29, 1.82) is 5.26 Å². The molecule has 1 aromatic rings. The molecule has 72 valence electrons. The maximum atomic E-state index is 10.5. The fourth-order valence-corrected chi connectivity index (χ4v) is 1.02. The second-order valence-corrected chi connectivity index (χ2v) is 2.83. The number of carbonyl (C=O) groups is 1. The minimum atomic E-state index is -0.424. The second-order valence-electron chi connectivity index (χ2n) is 2.83. The van der Waals surface area contributed by atoms with Crippen molar-refractivity contribution >= 4 is 12.1 Å². The molecule has 1 aromatic heterocycles. The number of anilines is 1. The zero-order valence-electron chi connectivity index (χ0n) is 7.47. The summed E-state index contributed by atoms with van der Waals surface area (Å²) in [6.45, 7) is 0. The molecule has 0 bridgehead atoms. The van der Waals surface area contributed by atoms with Crippen LogP contribution in [0.3, 0.4) is 0 Å². The molecule has 0 aliphatic heterocycles. The van der Waals surface area contributed by atoms with E-state index in [9.17, 15) is 4.79 Å². The van der Waals surface area contributed by atoms with E-state index >= 15 is 0 Å². The summed E-state index contributed by atoms with van der Waals surface area (Å²) in [5.74, 6) is 0.174. The fraction of sp³-hybridized carbons (Fsp3) is 0.222. The lowest BCUT2D eigenvalue weighted by Gasteiger charge is -2.08. The maximum Gasteiger partial charge on any atom is 0.153 e.